The molecule has 0 aromatic heterocycles. The van der Waals surface area contributed by atoms with Crippen LogP contribution in [0.1, 0.15) is 48.0 Å². The average Bonchev–Trinajstić information content (AvgIpc) is 3.00. The summed E-state index contributed by atoms with van der Waals surface area (Å²) >= 11 is 0. The van der Waals surface area contributed by atoms with E-state index in [0.29, 0.717) is 30.7 Å². The normalized spacial score (nSPS) is 27.0. The maximum atomic E-state index is 13.5. The molecule has 2 aromatic rings. The largest absolute Gasteiger partial charge is 0.486 e. The van der Waals surface area contributed by atoms with Gasteiger partial charge in [-0.2, -0.15) is 0 Å². The second kappa shape index (κ2) is 7.07. The minimum Gasteiger partial charge on any atom is -0.486 e. The predicted molar refractivity (Wildman–Crippen MR) is 105 cm³/mol. The van der Waals surface area contributed by atoms with Gasteiger partial charge in [-0.3, -0.25) is 4.79 Å². The fourth-order valence-corrected chi connectivity index (χ4v) is 5.20. The quantitative estimate of drug-likeness (QED) is 0.804. The molecule has 2 saturated heterocycles. The maximum Gasteiger partial charge on any atom is 0.318 e. The van der Waals surface area contributed by atoms with Crippen LogP contribution < -0.4 is 10.1 Å². The van der Waals surface area contributed by atoms with E-state index in [-0.39, 0.29) is 36.1 Å². The molecule has 1 N–H and O–H groups in total. The Balaban J connectivity index is 1.29. The molecule has 1 spiro atoms. The van der Waals surface area contributed by atoms with Gasteiger partial charge in [0, 0.05) is 31.5 Å². The lowest BCUT2D eigenvalue weighted by Gasteiger charge is -2.47. The third-order valence-electron chi connectivity index (χ3n) is 6.48. The van der Waals surface area contributed by atoms with Crippen molar-refractivity contribution in [2.45, 2.75) is 56.3 Å². The van der Waals surface area contributed by atoms with Crippen molar-refractivity contribution in [1.29, 1.82) is 0 Å². The number of benzene rings is 2. The zero-order valence-corrected chi connectivity index (χ0v) is 16.4. The maximum absolute atomic E-state index is 13.5. The van der Waals surface area contributed by atoms with Crippen molar-refractivity contribution in [2.75, 3.05) is 0 Å². The Morgan fingerprint density at radius 2 is 1.73 bits per heavy atom. The second-order valence-corrected chi connectivity index (χ2v) is 8.51. The number of hydrogen-bond acceptors (Lipinski definition) is 3. The van der Waals surface area contributed by atoms with Crippen LogP contribution in [0.5, 0.6) is 5.75 Å². The highest BCUT2D eigenvalue weighted by atomic mass is 19.1. The number of ketones is 1. The van der Waals surface area contributed by atoms with Crippen LogP contribution >= 0.6 is 0 Å². The van der Waals surface area contributed by atoms with Gasteiger partial charge in [0.05, 0.1) is 12.0 Å². The van der Waals surface area contributed by atoms with Gasteiger partial charge in [0.1, 0.15) is 23.0 Å². The number of halogens is 2. The predicted octanol–water partition coefficient (Wildman–Crippen LogP) is 4.21. The number of amides is 2. The molecule has 0 aliphatic carbocycles. The fraction of sp³-hybridized carbons (Fsp3) is 0.391. The van der Waals surface area contributed by atoms with Crippen LogP contribution in [0, 0.1) is 11.6 Å². The monoisotopic (exact) mass is 412 g/mol. The van der Waals surface area contributed by atoms with Gasteiger partial charge < -0.3 is 15.0 Å². The summed E-state index contributed by atoms with van der Waals surface area (Å²) in [5.74, 6) is -0.434. The summed E-state index contributed by atoms with van der Waals surface area (Å²) in [5, 5.41) is 2.93. The number of nitrogens with zero attached hydrogens (tertiary/aromatic N) is 1. The van der Waals surface area contributed by atoms with Crippen molar-refractivity contribution in [1.82, 2.24) is 10.2 Å². The molecule has 0 saturated carbocycles. The molecule has 2 amide bonds. The number of urea groups is 1. The van der Waals surface area contributed by atoms with Crippen LogP contribution in [-0.4, -0.2) is 34.4 Å². The molecule has 2 atom stereocenters. The van der Waals surface area contributed by atoms with Gasteiger partial charge in [-0.1, -0.05) is 12.1 Å². The lowest BCUT2D eigenvalue weighted by molar-refractivity contribution is -0.0257. The van der Waals surface area contributed by atoms with Crippen molar-refractivity contribution >= 4 is 11.8 Å². The molecule has 2 aromatic carbocycles. The lowest BCUT2D eigenvalue weighted by atomic mass is 9.79. The first-order valence-electron chi connectivity index (χ1n) is 10.2. The summed E-state index contributed by atoms with van der Waals surface area (Å²) in [6.45, 7) is 0.328. The number of ether oxygens (including phenoxy) is 1. The zero-order valence-electron chi connectivity index (χ0n) is 16.4. The third kappa shape index (κ3) is 3.32. The third-order valence-corrected chi connectivity index (χ3v) is 6.48. The number of piperidine rings is 1. The van der Waals surface area contributed by atoms with E-state index in [9.17, 15) is 18.4 Å². The number of fused-ring (bicyclic) bond motifs is 3. The number of carbonyl (C=O) groups excluding carboxylic acids is 2. The molecule has 3 aliphatic rings. The molecule has 2 fully saturated rings. The van der Waals surface area contributed by atoms with E-state index in [1.165, 1.54) is 30.3 Å². The average molecular weight is 412 g/mol. The number of carbonyl (C=O) groups is 2. The van der Waals surface area contributed by atoms with Gasteiger partial charge in [0.15, 0.2) is 5.78 Å². The van der Waals surface area contributed by atoms with Gasteiger partial charge in [-0.15, -0.1) is 0 Å². The minimum absolute atomic E-state index is 0.00762. The highest BCUT2D eigenvalue weighted by molar-refractivity contribution is 6.00. The van der Waals surface area contributed by atoms with E-state index in [1.54, 1.807) is 12.1 Å². The topological polar surface area (TPSA) is 58.6 Å². The Morgan fingerprint density at radius 3 is 2.43 bits per heavy atom. The molecule has 5 nitrogen and oxygen atoms in total. The molecule has 30 heavy (non-hydrogen) atoms. The van der Waals surface area contributed by atoms with Gasteiger partial charge in [0.25, 0.3) is 0 Å². The molecular weight excluding hydrogens is 390 g/mol. The summed E-state index contributed by atoms with van der Waals surface area (Å²) < 4.78 is 32.8. The highest BCUT2D eigenvalue weighted by Gasteiger charge is 2.53. The lowest BCUT2D eigenvalue weighted by Crippen LogP contribution is -2.58. The van der Waals surface area contributed by atoms with E-state index in [1.807, 2.05) is 4.90 Å². The zero-order chi connectivity index (χ0) is 20.9. The molecule has 2 bridgehead atoms. The van der Waals surface area contributed by atoms with E-state index >= 15 is 0 Å². The molecular formula is C23H22F2N2O3. The number of Topliss-reactive ketones (excluding diaryl/α,β-unsaturated/α-hetero) is 1. The Morgan fingerprint density at radius 1 is 1.07 bits per heavy atom. The second-order valence-electron chi connectivity index (χ2n) is 8.51. The van der Waals surface area contributed by atoms with E-state index in [2.05, 4.69) is 5.32 Å². The smallest absolute Gasteiger partial charge is 0.318 e. The summed E-state index contributed by atoms with van der Waals surface area (Å²) in [6, 6.07) is 9.94. The fourth-order valence-electron chi connectivity index (χ4n) is 5.20. The van der Waals surface area contributed by atoms with Gasteiger partial charge in [-0.25, -0.2) is 13.6 Å². The van der Waals surface area contributed by atoms with Crippen LogP contribution in [0.4, 0.5) is 13.6 Å². The van der Waals surface area contributed by atoms with Crippen LogP contribution in [-0.2, 0) is 6.54 Å². The first-order valence-corrected chi connectivity index (χ1v) is 10.2. The number of rotatable bonds is 2. The van der Waals surface area contributed by atoms with E-state index < -0.39 is 11.4 Å². The molecule has 0 radical (unpaired) electrons. The Bertz CT molecular complexity index is 994. The van der Waals surface area contributed by atoms with Crippen LogP contribution in [0.3, 0.4) is 0 Å². The highest BCUT2D eigenvalue weighted by Crippen LogP contribution is 2.47. The van der Waals surface area contributed by atoms with Crippen LogP contribution in [0.15, 0.2) is 42.5 Å². The van der Waals surface area contributed by atoms with Crippen LogP contribution in [0.2, 0.25) is 0 Å². The summed E-state index contributed by atoms with van der Waals surface area (Å²) in [4.78, 5) is 27.4. The van der Waals surface area contributed by atoms with E-state index in [4.69, 9.17) is 4.74 Å². The molecule has 3 heterocycles. The van der Waals surface area contributed by atoms with Crippen LogP contribution in [0.25, 0.3) is 0 Å². The molecule has 2 unspecified atom stereocenters. The standard InChI is InChI=1S/C23H22F2N2O3/c24-15-3-1-14(2-4-15)13-26-22(29)27-17-6-7-18(27)11-23(10-17)12-20(28)19-9-16(25)5-8-21(19)30-23/h1-5,8-9,17-18H,6-7,10-13H2,(H,26,29). The molecule has 156 valence electrons. The Hall–Kier alpha value is -2.96. The summed E-state index contributed by atoms with van der Waals surface area (Å²) in [7, 11) is 0. The van der Waals surface area contributed by atoms with Crippen molar-refractivity contribution < 1.29 is 23.1 Å². The molecule has 5 rings (SSSR count). The number of nitrogens with one attached hydrogen (secondary N) is 1. The van der Waals surface area contributed by atoms with Crippen molar-refractivity contribution in [3.63, 3.8) is 0 Å². The minimum atomic E-state index is -0.637. The number of hydrogen-bond donors (Lipinski definition) is 1. The first kappa shape index (κ1) is 19.0. The van der Waals surface area contributed by atoms with Gasteiger partial charge >= 0.3 is 6.03 Å². The Kier molecular flexibility index (Phi) is 4.49. The Labute approximate surface area is 173 Å². The van der Waals surface area contributed by atoms with Crippen molar-refractivity contribution in [3.05, 3.63) is 65.2 Å². The summed E-state index contributed by atoms with van der Waals surface area (Å²) in [5.41, 5.74) is 0.490. The van der Waals surface area contributed by atoms with Gasteiger partial charge in [0.2, 0.25) is 0 Å². The van der Waals surface area contributed by atoms with Crippen molar-refractivity contribution in [3.8, 4) is 5.75 Å². The first-order chi connectivity index (χ1) is 14.4. The van der Waals surface area contributed by atoms with Gasteiger partial charge in [-0.05, 0) is 48.7 Å². The summed E-state index contributed by atoms with van der Waals surface area (Å²) in [6.07, 6.45) is 3.10. The van der Waals surface area contributed by atoms with Crippen molar-refractivity contribution in [2.24, 2.45) is 0 Å². The van der Waals surface area contributed by atoms with E-state index in [0.717, 1.165) is 18.4 Å². The molecule has 3 aliphatic heterocycles. The SMILES string of the molecule is O=C1CC2(CC3CCC(C2)N3C(=O)NCc2ccc(F)cc2)Oc2ccc(F)cc21. The molecule has 7 heteroatoms.